The number of nitrogens with one attached hydrogen (secondary N) is 3. The Hall–Kier alpha value is -2.91. The highest BCUT2D eigenvalue weighted by Gasteiger charge is 2.30. The van der Waals surface area contributed by atoms with Crippen LogP contribution in [0.1, 0.15) is 23.1 Å². The summed E-state index contributed by atoms with van der Waals surface area (Å²) in [5, 5.41) is 6.99. The van der Waals surface area contributed by atoms with Gasteiger partial charge in [-0.25, -0.2) is 13.1 Å². The molecule has 0 aliphatic carbocycles. The van der Waals surface area contributed by atoms with Crippen molar-refractivity contribution in [2.45, 2.75) is 37.1 Å². The number of rotatable bonds is 7. The maximum Gasteiger partial charge on any atom is 0.240 e. The number of carbonyl (C=O) groups is 1. The zero-order valence-electron chi connectivity index (χ0n) is 21.4. The molecule has 0 bridgehead atoms. The molecule has 3 aromatic rings. The third-order valence-electron chi connectivity index (χ3n) is 7.29. The second-order valence-corrected chi connectivity index (χ2v) is 12.2. The number of nitrogens with zero attached hydrogens (tertiary/aromatic N) is 1. The second-order valence-electron chi connectivity index (χ2n) is 10.1. The van der Waals surface area contributed by atoms with Crippen molar-refractivity contribution in [3.8, 4) is 0 Å². The van der Waals surface area contributed by atoms with Crippen LogP contribution in [0, 0.1) is 12.8 Å². The van der Waals surface area contributed by atoms with Crippen LogP contribution < -0.4 is 20.3 Å². The lowest BCUT2D eigenvalue weighted by molar-refractivity contribution is -0.125. The van der Waals surface area contributed by atoms with Gasteiger partial charge in [-0.1, -0.05) is 53.6 Å². The standard InChI is InChI=1S/C29H33ClN4O3S/c1-20-6-12-26(13-7-20)38(36,37)33-25-16-23(18-31-19-25)29(35)32-14-15-34-27-5-3-2-4-21(27)8-9-22-10-11-24(30)17-28(22)34/h2-7,10-13,17,23,25,31,33H,8-9,14-16,18-19H2,1H3,(H,32,35)/t23-,25+/m0/s1. The summed E-state index contributed by atoms with van der Waals surface area (Å²) in [5.41, 5.74) is 5.70. The van der Waals surface area contributed by atoms with Crippen LogP contribution in [0.4, 0.5) is 11.4 Å². The number of carbonyl (C=O) groups excluding carboxylic acids is 1. The SMILES string of the molecule is Cc1ccc(S(=O)(=O)N[C@H]2CNC[C@@H](C(=O)NCCN3c4ccccc4CCc4ccc(Cl)cc43)C2)cc1. The Bertz CT molecular complexity index is 1410. The van der Waals surface area contributed by atoms with Gasteiger partial charge in [0, 0.05) is 48.6 Å². The molecule has 3 aromatic carbocycles. The third kappa shape index (κ3) is 6.04. The Balaban J connectivity index is 1.22. The van der Waals surface area contributed by atoms with Crippen LogP contribution in [-0.4, -0.2) is 46.5 Å². The quantitative estimate of drug-likeness (QED) is 0.413. The Morgan fingerprint density at radius 1 is 1.00 bits per heavy atom. The summed E-state index contributed by atoms with van der Waals surface area (Å²) in [6.07, 6.45) is 2.32. The number of hydrogen-bond donors (Lipinski definition) is 3. The number of fused-ring (bicyclic) bond motifs is 2. The molecule has 9 heteroatoms. The van der Waals surface area contributed by atoms with E-state index in [0.29, 0.717) is 37.6 Å². The zero-order valence-corrected chi connectivity index (χ0v) is 23.0. The fraction of sp³-hybridized carbons (Fsp3) is 0.345. The molecule has 1 fully saturated rings. The number of para-hydroxylation sites is 1. The average Bonchev–Trinajstić information content (AvgIpc) is 3.05. The molecule has 7 nitrogen and oxygen atoms in total. The largest absolute Gasteiger partial charge is 0.354 e. The molecule has 3 N–H and O–H groups in total. The van der Waals surface area contributed by atoms with E-state index in [9.17, 15) is 13.2 Å². The van der Waals surface area contributed by atoms with Crippen LogP contribution in [0.5, 0.6) is 0 Å². The van der Waals surface area contributed by atoms with E-state index in [2.05, 4.69) is 44.5 Å². The molecule has 2 heterocycles. The predicted octanol–water partition coefficient (Wildman–Crippen LogP) is 3.96. The van der Waals surface area contributed by atoms with E-state index in [-0.39, 0.29) is 22.8 Å². The Morgan fingerprint density at radius 2 is 1.74 bits per heavy atom. The Labute approximate surface area is 229 Å². The molecule has 0 aromatic heterocycles. The first-order valence-corrected chi connectivity index (χ1v) is 14.9. The van der Waals surface area contributed by atoms with Crippen LogP contribution in [0.3, 0.4) is 0 Å². The van der Waals surface area contributed by atoms with Crippen molar-refractivity contribution in [2.75, 3.05) is 31.1 Å². The molecule has 0 unspecified atom stereocenters. The Morgan fingerprint density at radius 3 is 2.53 bits per heavy atom. The third-order valence-corrected chi connectivity index (χ3v) is 9.06. The number of halogens is 1. The predicted molar refractivity (Wildman–Crippen MR) is 152 cm³/mol. The van der Waals surface area contributed by atoms with Gasteiger partial charge in [-0.2, -0.15) is 0 Å². The minimum absolute atomic E-state index is 0.0776. The molecule has 0 saturated carbocycles. The highest BCUT2D eigenvalue weighted by molar-refractivity contribution is 7.89. The number of benzene rings is 3. The highest BCUT2D eigenvalue weighted by atomic mass is 35.5. The molecule has 2 aliphatic heterocycles. The molecule has 38 heavy (non-hydrogen) atoms. The van der Waals surface area contributed by atoms with Gasteiger partial charge >= 0.3 is 0 Å². The van der Waals surface area contributed by atoms with Gasteiger partial charge in [0.05, 0.1) is 10.8 Å². The van der Waals surface area contributed by atoms with Crippen molar-refractivity contribution in [1.29, 1.82) is 0 Å². The molecule has 1 amide bonds. The van der Waals surface area contributed by atoms with E-state index < -0.39 is 10.0 Å². The monoisotopic (exact) mass is 552 g/mol. The van der Waals surface area contributed by atoms with Crippen LogP contribution in [-0.2, 0) is 27.7 Å². The topological polar surface area (TPSA) is 90.5 Å². The van der Waals surface area contributed by atoms with Gasteiger partial charge in [0.2, 0.25) is 15.9 Å². The first-order valence-electron chi connectivity index (χ1n) is 13.0. The summed E-state index contributed by atoms with van der Waals surface area (Å²) < 4.78 is 28.4. The first-order chi connectivity index (χ1) is 18.3. The van der Waals surface area contributed by atoms with E-state index >= 15 is 0 Å². The van der Waals surface area contributed by atoms with Gasteiger partial charge in [0.1, 0.15) is 0 Å². The molecular weight excluding hydrogens is 520 g/mol. The molecule has 2 aliphatic rings. The summed E-state index contributed by atoms with van der Waals surface area (Å²) in [5.74, 6) is -0.404. The number of sulfonamides is 1. The number of amides is 1. The minimum Gasteiger partial charge on any atom is -0.354 e. The van der Waals surface area contributed by atoms with Crippen molar-refractivity contribution in [3.63, 3.8) is 0 Å². The summed E-state index contributed by atoms with van der Waals surface area (Å²) in [6, 6.07) is 20.8. The van der Waals surface area contributed by atoms with Crippen LogP contribution in [0.25, 0.3) is 0 Å². The lowest BCUT2D eigenvalue weighted by atomic mass is 9.95. The molecule has 1 saturated heterocycles. The van der Waals surface area contributed by atoms with Gasteiger partial charge in [0.25, 0.3) is 0 Å². The molecular formula is C29H33ClN4O3S. The average molecular weight is 553 g/mol. The molecule has 0 radical (unpaired) electrons. The van der Waals surface area contributed by atoms with Gasteiger partial charge in [-0.15, -0.1) is 0 Å². The lowest BCUT2D eigenvalue weighted by Gasteiger charge is -2.30. The molecule has 200 valence electrons. The van der Waals surface area contributed by atoms with Gasteiger partial charge in [0.15, 0.2) is 0 Å². The minimum atomic E-state index is -3.66. The number of hydrogen-bond acceptors (Lipinski definition) is 5. The summed E-state index contributed by atoms with van der Waals surface area (Å²) in [4.78, 5) is 15.6. The van der Waals surface area contributed by atoms with Crippen LogP contribution in [0.2, 0.25) is 5.02 Å². The molecule has 0 spiro atoms. The zero-order chi connectivity index (χ0) is 26.7. The van der Waals surface area contributed by atoms with Gasteiger partial charge < -0.3 is 15.5 Å². The van der Waals surface area contributed by atoms with E-state index in [0.717, 1.165) is 29.8 Å². The van der Waals surface area contributed by atoms with E-state index in [1.54, 1.807) is 24.3 Å². The number of aryl methyl sites for hydroxylation is 3. The fourth-order valence-electron chi connectivity index (χ4n) is 5.30. The normalized spacial score (nSPS) is 19.3. The van der Waals surface area contributed by atoms with E-state index in [1.807, 2.05) is 25.1 Å². The highest BCUT2D eigenvalue weighted by Crippen LogP contribution is 2.37. The van der Waals surface area contributed by atoms with Crippen molar-refractivity contribution < 1.29 is 13.2 Å². The number of piperidine rings is 1. The van der Waals surface area contributed by atoms with Crippen LogP contribution in [0.15, 0.2) is 71.6 Å². The Kier molecular flexibility index (Phi) is 8.04. The maximum absolute atomic E-state index is 13.1. The van der Waals surface area contributed by atoms with Crippen molar-refractivity contribution in [1.82, 2.24) is 15.4 Å². The summed E-state index contributed by atoms with van der Waals surface area (Å²) in [6.45, 7) is 3.96. The smallest absolute Gasteiger partial charge is 0.240 e. The summed E-state index contributed by atoms with van der Waals surface area (Å²) >= 11 is 6.36. The van der Waals surface area contributed by atoms with E-state index in [4.69, 9.17) is 11.6 Å². The molecule has 5 rings (SSSR count). The van der Waals surface area contributed by atoms with Crippen molar-refractivity contribution in [2.24, 2.45) is 5.92 Å². The maximum atomic E-state index is 13.1. The molecule has 2 atom stereocenters. The lowest BCUT2D eigenvalue weighted by Crippen LogP contribution is -2.52. The first kappa shape index (κ1) is 26.7. The van der Waals surface area contributed by atoms with Gasteiger partial charge in [-0.3, -0.25) is 4.79 Å². The van der Waals surface area contributed by atoms with Crippen molar-refractivity contribution >= 4 is 38.9 Å². The van der Waals surface area contributed by atoms with Crippen LogP contribution >= 0.6 is 11.6 Å². The summed E-state index contributed by atoms with van der Waals surface area (Å²) in [7, 11) is -3.66. The van der Waals surface area contributed by atoms with Crippen molar-refractivity contribution in [3.05, 3.63) is 88.4 Å². The number of anilines is 2. The fourth-order valence-corrected chi connectivity index (χ4v) is 6.71. The van der Waals surface area contributed by atoms with E-state index in [1.165, 1.54) is 11.1 Å². The van der Waals surface area contributed by atoms with Gasteiger partial charge in [-0.05, 0) is 67.6 Å². The second kappa shape index (κ2) is 11.5.